The van der Waals surface area contributed by atoms with Gasteiger partial charge in [-0.15, -0.1) is 0 Å². The average molecular weight is 503 g/mol. The standard InChI is InChI=1S/C32H30N4O2/c1-35(2)21-22-36(32(38)24-13-7-4-8-14-24)26-19-17-25(18-20-26)33-30(23-11-5-3-6-12-23)29-27-15-9-10-16-28(27)34-31(29)37/h3-20,29H,21-22H2,1-2H3,(H,34,37). The van der Waals surface area contributed by atoms with E-state index < -0.39 is 5.92 Å². The third-order valence-corrected chi connectivity index (χ3v) is 6.58. The molecule has 1 aliphatic rings. The first-order chi connectivity index (χ1) is 18.5. The van der Waals surface area contributed by atoms with E-state index in [1.165, 1.54) is 0 Å². The topological polar surface area (TPSA) is 65.0 Å². The zero-order valence-electron chi connectivity index (χ0n) is 21.5. The Bertz CT molecular complexity index is 1450. The highest BCUT2D eigenvalue weighted by Crippen LogP contribution is 2.36. The lowest BCUT2D eigenvalue weighted by molar-refractivity contribution is -0.115. The quantitative estimate of drug-likeness (QED) is 0.312. The molecule has 1 aliphatic heterocycles. The van der Waals surface area contributed by atoms with E-state index in [1.807, 2.05) is 123 Å². The molecular weight excluding hydrogens is 472 g/mol. The number of rotatable bonds is 8. The van der Waals surface area contributed by atoms with Gasteiger partial charge >= 0.3 is 0 Å². The van der Waals surface area contributed by atoms with Crippen LogP contribution in [-0.4, -0.2) is 49.6 Å². The van der Waals surface area contributed by atoms with Gasteiger partial charge in [-0.25, -0.2) is 0 Å². The highest BCUT2D eigenvalue weighted by molar-refractivity contribution is 6.24. The van der Waals surface area contributed by atoms with E-state index in [0.717, 1.165) is 29.0 Å². The summed E-state index contributed by atoms with van der Waals surface area (Å²) < 4.78 is 0. The average Bonchev–Trinajstić information content (AvgIpc) is 3.28. The van der Waals surface area contributed by atoms with Gasteiger partial charge < -0.3 is 15.1 Å². The number of nitrogens with one attached hydrogen (secondary N) is 1. The maximum atomic E-state index is 13.4. The van der Waals surface area contributed by atoms with Gasteiger partial charge in [-0.05, 0) is 67.7 Å². The lowest BCUT2D eigenvalue weighted by Gasteiger charge is -2.25. The van der Waals surface area contributed by atoms with Gasteiger partial charge in [0.15, 0.2) is 0 Å². The maximum absolute atomic E-state index is 13.4. The number of anilines is 2. The maximum Gasteiger partial charge on any atom is 0.258 e. The lowest BCUT2D eigenvalue weighted by atomic mass is 9.90. The van der Waals surface area contributed by atoms with Gasteiger partial charge in [0.1, 0.15) is 5.92 Å². The number of hydrogen-bond donors (Lipinski definition) is 1. The van der Waals surface area contributed by atoms with Gasteiger partial charge in [-0.1, -0.05) is 66.7 Å². The summed E-state index contributed by atoms with van der Waals surface area (Å²) in [6, 6.07) is 34.5. The Kier molecular flexibility index (Phi) is 7.43. The fourth-order valence-electron chi connectivity index (χ4n) is 4.62. The first-order valence-corrected chi connectivity index (χ1v) is 12.7. The molecule has 0 spiro atoms. The Balaban J connectivity index is 1.50. The molecule has 1 atom stereocenters. The molecule has 6 nitrogen and oxygen atoms in total. The van der Waals surface area contributed by atoms with Crippen molar-refractivity contribution in [2.45, 2.75) is 5.92 Å². The summed E-state index contributed by atoms with van der Waals surface area (Å²) in [5, 5.41) is 2.99. The monoisotopic (exact) mass is 502 g/mol. The van der Waals surface area contributed by atoms with Crippen LogP contribution in [0.4, 0.5) is 17.1 Å². The predicted molar refractivity (Wildman–Crippen MR) is 154 cm³/mol. The molecule has 2 amide bonds. The fraction of sp³-hybridized carbons (Fsp3) is 0.156. The van der Waals surface area contributed by atoms with Crippen LogP contribution in [0.2, 0.25) is 0 Å². The lowest BCUT2D eigenvalue weighted by Crippen LogP contribution is -2.36. The Morgan fingerprint density at radius 3 is 2.03 bits per heavy atom. The number of para-hydroxylation sites is 1. The minimum absolute atomic E-state index is 0.0482. The van der Waals surface area contributed by atoms with Crippen LogP contribution in [0, 0.1) is 0 Å². The van der Waals surface area contributed by atoms with Crippen molar-refractivity contribution in [2.75, 3.05) is 37.4 Å². The van der Waals surface area contributed by atoms with E-state index >= 15 is 0 Å². The molecule has 1 N–H and O–H groups in total. The van der Waals surface area contributed by atoms with Crippen LogP contribution in [0.1, 0.15) is 27.4 Å². The summed E-state index contributed by atoms with van der Waals surface area (Å²) in [5.74, 6) is -0.647. The first kappa shape index (κ1) is 25.1. The second-order valence-electron chi connectivity index (χ2n) is 9.52. The molecule has 1 heterocycles. The highest BCUT2D eigenvalue weighted by Gasteiger charge is 2.35. The van der Waals surface area contributed by atoms with E-state index in [2.05, 4.69) is 10.2 Å². The molecule has 190 valence electrons. The molecule has 4 aromatic rings. The van der Waals surface area contributed by atoms with Crippen molar-refractivity contribution >= 4 is 34.6 Å². The van der Waals surface area contributed by atoms with Crippen molar-refractivity contribution in [3.63, 3.8) is 0 Å². The first-order valence-electron chi connectivity index (χ1n) is 12.7. The van der Waals surface area contributed by atoms with E-state index in [4.69, 9.17) is 4.99 Å². The van der Waals surface area contributed by atoms with Crippen LogP contribution in [0.15, 0.2) is 114 Å². The van der Waals surface area contributed by atoms with Crippen LogP contribution in [0.5, 0.6) is 0 Å². The predicted octanol–water partition coefficient (Wildman–Crippen LogP) is 5.75. The van der Waals surface area contributed by atoms with Crippen molar-refractivity contribution in [1.82, 2.24) is 4.90 Å². The van der Waals surface area contributed by atoms with Crippen molar-refractivity contribution in [3.8, 4) is 0 Å². The summed E-state index contributed by atoms with van der Waals surface area (Å²) in [6.45, 7) is 1.28. The van der Waals surface area contributed by atoms with E-state index in [-0.39, 0.29) is 11.8 Å². The second-order valence-corrected chi connectivity index (χ2v) is 9.52. The molecular formula is C32H30N4O2. The van der Waals surface area contributed by atoms with Gasteiger partial charge in [-0.2, -0.15) is 0 Å². The number of carbonyl (C=O) groups excluding carboxylic acids is 2. The number of likely N-dealkylation sites (N-methyl/N-ethyl adjacent to an activating group) is 1. The summed E-state index contributed by atoms with van der Waals surface area (Å²) in [5.41, 5.74) is 5.46. The molecule has 0 fully saturated rings. The Morgan fingerprint density at radius 1 is 0.763 bits per heavy atom. The Labute approximate surface area is 223 Å². The number of nitrogens with zero attached hydrogens (tertiary/aromatic N) is 3. The number of fused-ring (bicyclic) bond motifs is 1. The van der Waals surface area contributed by atoms with Crippen LogP contribution in [0.3, 0.4) is 0 Å². The smallest absolute Gasteiger partial charge is 0.258 e. The van der Waals surface area contributed by atoms with Gasteiger partial charge in [0.05, 0.1) is 11.4 Å². The van der Waals surface area contributed by atoms with Gasteiger partial charge in [0, 0.05) is 30.0 Å². The summed E-state index contributed by atoms with van der Waals surface area (Å²) in [4.78, 5) is 35.3. The fourth-order valence-corrected chi connectivity index (χ4v) is 4.62. The van der Waals surface area contributed by atoms with Crippen LogP contribution in [0.25, 0.3) is 0 Å². The molecule has 1 unspecified atom stereocenters. The Hall–Kier alpha value is -4.55. The molecule has 0 saturated heterocycles. The third-order valence-electron chi connectivity index (χ3n) is 6.58. The minimum Gasteiger partial charge on any atom is -0.325 e. The molecule has 0 saturated carbocycles. The van der Waals surface area contributed by atoms with Crippen LogP contribution in [-0.2, 0) is 4.79 Å². The molecule has 4 aromatic carbocycles. The zero-order chi connectivity index (χ0) is 26.5. The summed E-state index contributed by atoms with van der Waals surface area (Å²) >= 11 is 0. The molecule has 38 heavy (non-hydrogen) atoms. The molecule has 5 rings (SSSR count). The van der Waals surface area contributed by atoms with Crippen molar-refractivity contribution < 1.29 is 9.59 Å². The number of carbonyl (C=O) groups is 2. The van der Waals surface area contributed by atoms with Gasteiger partial charge in [-0.3, -0.25) is 14.6 Å². The van der Waals surface area contributed by atoms with Crippen molar-refractivity contribution in [2.24, 2.45) is 4.99 Å². The Morgan fingerprint density at radius 2 is 1.37 bits per heavy atom. The van der Waals surface area contributed by atoms with E-state index in [1.54, 1.807) is 4.90 Å². The summed E-state index contributed by atoms with van der Waals surface area (Å²) in [7, 11) is 3.98. The van der Waals surface area contributed by atoms with Gasteiger partial charge in [0.25, 0.3) is 5.91 Å². The zero-order valence-corrected chi connectivity index (χ0v) is 21.5. The van der Waals surface area contributed by atoms with E-state index in [9.17, 15) is 9.59 Å². The minimum atomic E-state index is -0.510. The molecule has 0 bridgehead atoms. The molecule has 0 aliphatic carbocycles. The molecule has 6 heteroatoms. The summed E-state index contributed by atoms with van der Waals surface area (Å²) in [6.07, 6.45) is 0. The number of benzene rings is 4. The third kappa shape index (κ3) is 5.41. The number of amides is 2. The highest BCUT2D eigenvalue weighted by atomic mass is 16.2. The van der Waals surface area contributed by atoms with Crippen molar-refractivity contribution in [3.05, 3.63) is 126 Å². The van der Waals surface area contributed by atoms with Crippen molar-refractivity contribution in [1.29, 1.82) is 0 Å². The van der Waals surface area contributed by atoms with E-state index in [0.29, 0.717) is 23.5 Å². The molecule has 0 aromatic heterocycles. The SMILES string of the molecule is CN(C)CCN(C(=O)c1ccccc1)c1ccc(N=C(c2ccccc2)C2C(=O)Nc3ccccc32)cc1. The van der Waals surface area contributed by atoms with Gasteiger partial charge in [0.2, 0.25) is 5.91 Å². The van der Waals surface area contributed by atoms with Crippen LogP contribution < -0.4 is 10.2 Å². The number of aliphatic imine (C=N–C) groups is 1. The normalized spacial score (nSPS) is 14.8. The number of hydrogen-bond acceptors (Lipinski definition) is 4. The second kappa shape index (κ2) is 11.2. The molecule has 0 radical (unpaired) electrons. The largest absolute Gasteiger partial charge is 0.325 e. The van der Waals surface area contributed by atoms with Crippen LogP contribution >= 0.6 is 0 Å².